The van der Waals surface area contributed by atoms with Crippen molar-refractivity contribution in [2.24, 2.45) is 0 Å². The minimum atomic E-state index is 0.220. The highest BCUT2D eigenvalue weighted by atomic mass is 79.9. The van der Waals surface area contributed by atoms with Crippen LogP contribution in [0, 0.1) is 0 Å². The highest BCUT2D eigenvalue weighted by Gasteiger charge is 2.10. The SMILES string of the molecule is Oc1ccc2oc(-c3ccccc3)cc2c1Br. The highest BCUT2D eigenvalue weighted by Crippen LogP contribution is 2.36. The van der Waals surface area contributed by atoms with Crippen LogP contribution in [0.15, 0.2) is 57.4 Å². The van der Waals surface area contributed by atoms with Crippen LogP contribution in [0.5, 0.6) is 5.75 Å². The van der Waals surface area contributed by atoms with Crippen LogP contribution >= 0.6 is 15.9 Å². The largest absolute Gasteiger partial charge is 0.507 e. The minimum absolute atomic E-state index is 0.220. The van der Waals surface area contributed by atoms with E-state index in [0.717, 1.165) is 22.3 Å². The predicted molar refractivity (Wildman–Crippen MR) is 71.0 cm³/mol. The van der Waals surface area contributed by atoms with Crippen molar-refractivity contribution >= 4 is 26.9 Å². The van der Waals surface area contributed by atoms with Gasteiger partial charge in [0.05, 0.1) is 4.47 Å². The number of hydrogen-bond acceptors (Lipinski definition) is 2. The van der Waals surface area contributed by atoms with Crippen LogP contribution in [-0.4, -0.2) is 5.11 Å². The molecule has 0 aliphatic carbocycles. The average molecular weight is 289 g/mol. The van der Waals surface area contributed by atoms with Crippen molar-refractivity contribution in [3.63, 3.8) is 0 Å². The fourth-order valence-electron chi connectivity index (χ4n) is 1.81. The van der Waals surface area contributed by atoms with Gasteiger partial charge in [-0.05, 0) is 34.1 Å². The zero-order chi connectivity index (χ0) is 11.8. The smallest absolute Gasteiger partial charge is 0.136 e. The van der Waals surface area contributed by atoms with E-state index < -0.39 is 0 Å². The van der Waals surface area contributed by atoms with Crippen molar-refractivity contribution in [3.8, 4) is 17.1 Å². The maximum absolute atomic E-state index is 9.61. The van der Waals surface area contributed by atoms with Crippen molar-refractivity contribution in [1.82, 2.24) is 0 Å². The van der Waals surface area contributed by atoms with Crippen LogP contribution in [0.4, 0.5) is 0 Å². The Labute approximate surface area is 107 Å². The minimum Gasteiger partial charge on any atom is -0.507 e. The maximum Gasteiger partial charge on any atom is 0.136 e. The van der Waals surface area contributed by atoms with Gasteiger partial charge in [0.25, 0.3) is 0 Å². The molecule has 0 saturated carbocycles. The van der Waals surface area contributed by atoms with E-state index in [1.807, 2.05) is 36.4 Å². The summed E-state index contributed by atoms with van der Waals surface area (Å²) in [6.07, 6.45) is 0. The van der Waals surface area contributed by atoms with Gasteiger partial charge in [-0.3, -0.25) is 0 Å². The molecule has 84 valence electrons. The lowest BCUT2D eigenvalue weighted by atomic mass is 10.1. The molecule has 17 heavy (non-hydrogen) atoms. The second-order valence-corrected chi connectivity index (χ2v) is 4.58. The summed E-state index contributed by atoms with van der Waals surface area (Å²) in [5.74, 6) is 1.02. The van der Waals surface area contributed by atoms with Crippen LogP contribution < -0.4 is 0 Å². The molecule has 1 heterocycles. The van der Waals surface area contributed by atoms with E-state index in [2.05, 4.69) is 15.9 Å². The lowest BCUT2D eigenvalue weighted by molar-refractivity contribution is 0.472. The maximum atomic E-state index is 9.61. The predicted octanol–water partition coefficient (Wildman–Crippen LogP) is 4.57. The third kappa shape index (κ3) is 1.72. The number of fused-ring (bicyclic) bond motifs is 1. The van der Waals surface area contributed by atoms with E-state index in [4.69, 9.17) is 4.42 Å². The Kier molecular flexibility index (Phi) is 2.41. The van der Waals surface area contributed by atoms with Crippen LogP contribution in [-0.2, 0) is 0 Å². The normalized spacial score (nSPS) is 10.9. The topological polar surface area (TPSA) is 33.4 Å². The molecule has 0 bridgehead atoms. The van der Waals surface area contributed by atoms with Gasteiger partial charge in [0, 0.05) is 10.9 Å². The number of rotatable bonds is 1. The van der Waals surface area contributed by atoms with E-state index in [-0.39, 0.29) is 5.75 Å². The Hall–Kier alpha value is -1.74. The third-order valence-electron chi connectivity index (χ3n) is 2.67. The van der Waals surface area contributed by atoms with Gasteiger partial charge in [-0.15, -0.1) is 0 Å². The number of phenolic OH excluding ortho intramolecular Hbond substituents is 1. The van der Waals surface area contributed by atoms with Crippen molar-refractivity contribution in [1.29, 1.82) is 0 Å². The van der Waals surface area contributed by atoms with E-state index in [1.54, 1.807) is 12.1 Å². The third-order valence-corrected chi connectivity index (χ3v) is 3.51. The first kappa shape index (κ1) is 10.4. The molecular weight excluding hydrogens is 280 g/mol. The molecule has 0 radical (unpaired) electrons. The van der Waals surface area contributed by atoms with Crippen LogP contribution in [0.1, 0.15) is 0 Å². The van der Waals surface area contributed by atoms with Gasteiger partial charge in [-0.1, -0.05) is 30.3 Å². The van der Waals surface area contributed by atoms with Gasteiger partial charge >= 0.3 is 0 Å². The van der Waals surface area contributed by atoms with Crippen LogP contribution in [0.3, 0.4) is 0 Å². The van der Waals surface area contributed by atoms with Crippen LogP contribution in [0.2, 0.25) is 0 Å². The summed E-state index contributed by atoms with van der Waals surface area (Å²) in [6, 6.07) is 15.2. The van der Waals surface area contributed by atoms with Crippen molar-refractivity contribution in [2.45, 2.75) is 0 Å². The molecule has 0 atom stereocenters. The van der Waals surface area contributed by atoms with Crippen molar-refractivity contribution in [3.05, 3.63) is 53.0 Å². The van der Waals surface area contributed by atoms with Gasteiger partial charge in [0.2, 0.25) is 0 Å². The molecule has 1 aromatic heterocycles. The molecule has 0 spiro atoms. The van der Waals surface area contributed by atoms with Crippen molar-refractivity contribution in [2.75, 3.05) is 0 Å². The number of hydrogen-bond donors (Lipinski definition) is 1. The number of aromatic hydroxyl groups is 1. The Balaban J connectivity index is 2.24. The molecule has 0 aliphatic rings. The monoisotopic (exact) mass is 288 g/mol. The Bertz CT molecular complexity index is 671. The van der Waals surface area contributed by atoms with E-state index in [0.29, 0.717) is 4.47 Å². The Morgan fingerprint density at radius 3 is 2.53 bits per heavy atom. The molecule has 0 aliphatic heterocycles. The quantitative estimate of drug-likeness (QED) is 0.712. The lowest BCUT2D eigenvalue weighted by Crippen LogP contribution is -1.70. The molecule has 3 rings (SSSR count). The van der Waals surface area contributed by atoms with E-state index >= 15 is 0 Å². The molecule has 3 aromatic rings. The molecule has 1 N–H and O–H groups in total. The molecule has 0 amide bonds. The zero-order valence-corrected chi connectivity index (χ0v) is 10.4. The number of halogens is 1. The summed E-state index contributed by atoms with van der Waals surface area (Å²) in [5.41, 5.74) is 1.78. The fourth-order valence-corrected chi connectivity index (χ4v) is 2.25. The standard InChI is InChI=1S/C14H9BrO2/c15-14-10-8-13(9-4-2-1-3-5-9)17-12(10)7-6-11(14)16/h1-8,16H. The summed E-state index contributed by atoms with van der Waals surface area (Å²) in [7, 11) is 0. The molecular formula is C14H9BrO2. The molecule has 2 aromatic carbocycles. The summed E-state index contributed by atoms with van der Waals surface area (Å²) >= 11 is 3.36. The van der Waals surface area contributed by atoms with Crippen LogP contribution in [0.25, 0.3) is 22.3 Å². The van der Waals surface area contributed by atoms with Gasteiger partial charge in [0.1, 0.15) is 17.1 Å². The zero-order valence-electron chi connectivity index (χ0n) is 8.85. The van der Waals surface area contributed by atoms with E-state index in [1.165, 1.54) is 0 Å². The second kappa shape index (κ2) is 3.93. The van der Waals surface area contributed by atoms with E-state index in [9.17, 15) is 5.11 Å². The second-order valence-electron chi connectivity index (χ2n) is 3.79. The summed E-state index contributed by atoms with van der Waals surface area (Å²) in [6.45, 7) is 0. The van der Waals surface area contributed by atoms with Crippen molar-refractivity contribution < 1.29 is 9.52 Å². The molecule has 3 heteroatoms. The lowest BCUT2D eigenvalue weighted by Gasteiger charge is -1.95. The summed E-state index contributed by atoms with van der Waals surface area (Å²) in [5, 5.41) is 10.5. The molecule has 0 fully saturated rings. The number of phenols is 1. The van der Waals surface area contributed by atoms with Gasteiger partial charge < -0.3 is 9.52 Å². The first-order valence-corrected chi connectivity index (χ1v) is 6.01. The Morgan fingerprint density at radius 1 is 1.00 bits per heavy atom. The van der Waals surface area contributed by atoms with Gasteiger partial charge in [0.15, 0.2) is 0 Å². The average Bonchev–Trinajstić information content (AvgIpc) is 2.80. The number of furan rings is 1. The fraction of sp³-hybridized carbons (Fsp3) is 0. The molecule has 2 nitrogen and oxygen atoms in total. The van der Waals surface area contributed by atoms with Gasteiger partial charge in [-0.25, -0.2) is 0 Å². The first-order valence-electron chi connectivity index (χ1n) is 5.22. The number of benzene rings is 2. The Morgan fingerprint density at radius 2 is 1.76 bits per heavy atom. The molecule has 0 unspecified atom stereocenters. The summed E-state index contributed by atoms with van der Waals surface area (Å²) in [4.78, 5) is 0. The molecule has 0 saturated heterocycles. The van der Waals surface area contributed by atoms with Gasteiger partial charge in [-0.2, -0.15) is 0 Å². The first-order chi connectivity index (χ1) is 8.25. The highest BCUT2D eigenvalue weighted by molar-refractivity contribution is 9.10. The summed E-state index contributed by atoms with van der Waals surface area (Å²) < 4.78 is 6.42.